The first-order valence-electron chi connectivity index (χ1n) is 2.79. The molecule has 0 aromatic carbocycles. The Balaban J connectivity index is 2.78. The Kier molecular flexibility index (Phi) is 2.45. The number of hydrogen-bond donors (Lipinski definition) is 3. The van der Waals surface area contributed by atoms with Gasteiger partial charge in [-0.2, -0.15) is 0 Å². The molecular weight excluding hydrogens is 151 g/mol. The minimum absolute atomic E-state index is 0.0443. The van der Waals surface area contributed by atoms with Gasteiger partial charge >= 0.3 is 7.12 Å². The number of rotatable bonds is 2. The molecule has 0 saturated heterocycles. The Morgan fingerprint density at radius 1 is 1.40 bits per heavy atom. The minimum atomic E-state index is -1.41. The van der Waals surface area contributed by atoms with E-state index in [9.17, 15) is 0 Å². The zero-order valence-electron chi connectivity index (χ0n) is 5.19. The van der Waals surface area contributed by atoms with Gasteiger partial charge in [0.15, 0.2) is 0 Å². The summed E-state index contributed by atoms with van der Waals surface area (Å²) in [6, 6.07) is 3.25. The second kappa shape index (κ2) is 3.16. The molecule has 0 atom stereocenters. The normalized spacial score (nSPS) is 9.90. The summed E-state index contributed by atoms with van der Waals surface area (Å²) in [5, 5.41) is 25.8. The zero-order chi connectivity index (χ0) is 7.56. The molecule has 1 heterocycles. The van der Waals surface area contributed by atoms with Crippen LogP contribution in [0.3, 0.4) is 0 Å². The second-order valence-electron chi connectivity index (χ2n) is 1.84. The van der Waals surface area contributed by atoms with Crippen LogP contribution in [-0.4, -0.2) is 22.3 Å². The van der Waals surface area contributed by atoms with Crippen molar-refractivity contribution in [2.75, 3.05) is 0 Å². The molecule has 0 aliphatic rings. The lowest BCUT2D eigenvalue weighted by Crippen LogP contribution is -2.26. The molecule has 0 unspecified atom stereocenters. The van der Waals surface area contributed by atoms with Crippen molar-refractivity contribution in [1.29, 1.82) is 0 Å². The maximum atomic E-state index is 8.62. The zero-order valence-corrected chi connectivity index (χ0v) is 6.01. The third-order valence-corrected chi connectivity index (χ3v) is 2.20. The van der Waals surface area contributed by atoms with Gasteiger partial charge in [0.05, 0.1) is 6.61 Å². The molecule has 1 aromatic rings. The van der Waals surface area contributed by atoms with E-state index in [1.54, 1.807) is 12.1 Å². The summed E-state index contributed by atoms with van der Waals surface area (Å²) in [4.78, 5) is 0.739. The van der Waals surface area contributed by atoms with Crippen molar-refractivity contribution >= 4 is 23.2 Å². The molecule has 0 amide bonds. The molecular formula is C5H7BO3S. The number of aliphatic hydroxyl groups is 1. The summed E-state index contributed by atoms with van der Waals surface area (Å²) < 4.78 is 0.462. The van der Waals surface area contributed by atoms with Crippen LogP contribution in [0.2, 0.25) is 0 Å². The van der Waals surface area contributed by atoms with E-state index >= 15 is 0 Å². The maximum absolute atomic E-state index is 8.62. The highest BCUT2D eigenvalue weighted by Gasteiger charge is 2.12. The minimum Gasteiger partial charge on any atom is -0.423 e. The van der Waals surface area contributed by atoms with Crippen molar-refractivity contribution in [3.63, 3.8) is 0 Å². The Morgan fingerprint density at radius 2 is 2.10 bits per heavy atom. The van der Waals surface area contributed by atoms with Crippen LogP contribution in [0.1, 0.15) is 4.88 Å². The van der Waals surface area contributed by atoms with E-state index < -0.39 is 7.12 Å². The standard InChI is InChI=1S/C5H7BO3S/c7-3-4-1-2-5(10-4)6(8)9/h1-2,7-9H,3H2. The molecule has 3 N–H and O–H groups in total. The van der Waals surface area contributed by atoms with Crippen LogP contribution in [0.15, 0.2) is 12.1 Å². The Morgan fingerprint density at radius 3 is 2.40 bits per heavy atom. The average molecular weight is 158 g/mol. The molecule has 5 heteroatoms. The van der Waals surface area contributed by atoms with E-state index in [1.165, 1.54) is 11.3 Å². The number of thiophene rings is 1. The molecule has 10 heavy (non-hydrogen) atoms. The van der Waals surface area contributed by atoms with Gasteiger partial charge in [0, 0.05) is 9.65 Å². The second-order valence-corrected chi connectivity index (χ2v) is 3.04. The van der Waals surface area contributed by atoms with Crippen LogP contribution in [0.25, 0.3) is 0 Å². The Labute approximate surface area is 62.7 Å². The lowest BCUT2D eigenvalue weighted by molar-refractivity contribution is 0.285. The van der Waals surface area contributed by atoms with Crippen molar-refractivity contribution in [1.82, 2.24) is 0 Å². The SMILES string of the molecule is OCc1ccc(B(O)O)s1. The third kappa shape index (κ3) is 1.57. The molecule has 0 spiro atoms. The highest BCUT2D eigenvalue weighted by molar-refractivity contribution is 7.22. The summed E-state index contributed by atoms with van der Waals surface area (Å²) in [5.41, 5.74) is 0. The van der Waals surface area contributed by atoms with Crippen LogP contribution < -0.4 is 4.78 Å². The van der Waals surface area contributed by atoms with Crippen LogP contribution in [0.4, 0.5) is 0 Å². The summed E-state index contributed by atoms with van der Waals surface area (Å²) in [6.07, 6.45) is 0. The summed E-state index contributed by atoms with van der Waals surface area (Å²) in [5.74, 6) is 0. The topological polar surface area (TPSA) is 60.7 Å². The molecule has 0 aliphatic carbocycles. The number of hydrogen-bond acceptors (Lipinski definition) is 4. The smallest absolute Gasteiger partial charge is 0.423 e. The average Bonchev–Trinajstić information content (AvgIpc) is 2.34. The quantitative estimate of drug-likeness (QED) is 0.479. The summed E-state index contributed by atoms with van der Waals surface area (Å²) >= 11 is 1.19. The van der Waals surface area contributed by atoms with Gasteiger partial charge < -0.3 is 15.2 Å². The van der Waals surface area contributed by atoms with Crippen molar-refractivity contribution in [2.45, 2.75) is 6.61 Å². The fourth-order valence-corrected chi connectivity index (χ4v) is 1.36. The monoisotopic (exact) mass is 158 g/mol. The van der Waals surface area contributed by atoms with Gasteiger partial charge in [-0.15, -0.1) is 11.3 Å². The predicted molar refractivity (Wildman–Crippen MR) is 40.1 cm³/mol. The van der Waals surface area contributed by atoms with Gasteiger partial charge in [-0.3, -0.25) is 0 Å². The van der Waals surface area contributed by atoms with E-state index in [0.717, 1.165) is 4.88 Å². The highest BCUT2D eigenvalue weighted by Crippen LogP contribution is 2.05. The molecule has 1 rings (SSSR count). The highest BCUT2D eigenvalue weighted by atomic mass is 32.1. The molecule has 3 nitrogen and oxygen atoms in total. The fraction of sp³-hybridized carbons (Fsp3) is 0.200. The molecule has 1 aromatic heterocycles. The Hall–Kier alpha value is -0.355. The summed E-state index contributed by atoms with van der Waals surface area (Å²) in [6.45, 7) is -0.0443. The number of aliphatic hydroxyl groups excluding tert-OH is 1. The van der Waals surface area contributed by atoms with Crippen LogP contribution >= 0.6 is 11.3 Å². The van der Waals surface area contributed by atoms with E-state index in [1.807, 2.05) is 0 Å². The first-order chi connectivity index (χ1) is 4.74. The predicted octanol–water partition coefficient (Wildman–Crippen LogP) is -1.08. The molecule has 0 bridgehead atoms. The van der Waals surface area contributed by atoms with Gasteiger partial charge in [-0.05, 0) is 6.07 Å². The van der Waals surface area contributed by atoms with E-state index in [4.69, 9.17) is 15.2 Å². The van der Waals surface area contributed by atoms with Crippen molar-refractivity contribution < 1.29 is 15.2 Å². The molecule has 0 fully saturated rings. The van der Waals surface area contributed by atoms with Gasteiger partial charge in [0.1, 0.15) is 0 Å². The van der Waals surface area contributed by atoms with E-state index in [0.29, 0.717) is 4.78 Å². The first-order valence-corrected chi connectivity index (χ1v) is 3.61. The third-order valence-electron chi connectivity index (χ3n) is 1.09. The molecule has 0 radical (unpaired) electrons. The summed E-state index contributed by atoms with van der Waals surface area (Å²) in [7, 11) is -1.41. The largest absolute Gasteiger partial charge is 0.499 e. The van der Waals surface area contributed by atoms with E-state index in [-0.39, 0.29) is 6.61 Å². The van der Waals surface area contributed by atoms with Crippen molar-refractivity contribution in [3.8, 4) is 0 Å². The van der Waals surface area contributed by atoms with Crippen molar-refractivity contribution in [3.05, 3.63) is 17.0 Å². The van der Waals surface area contributed by atoms with Gasteiger partial charge in [-0.25, -0.2) is 0 Å². The Bertz CT molecular complexity index is 210. The maximum Gasteiger partial charge on any atom is 0.499 e. The fourth-order valence-electron chi connectivity index (χ4n) is 0.618. The van der Waals surface area contributed by atoms with Crippen LogP contribution in [0.5, 0.6) is 0 Å². The lowest BCUT2D eigenvalue weighted by Gasteiger charge is -1.89. The van der Waals surface area contributed by atoms with Crippen LogP contribution in [0, 0.1) is 0 Å². The van der Waals surface area contributed by atoms with Gasteiger partial charge in [-0.1, -0.05) is 6.07 Å². The molecule has 54 valence electrons. The molecule has 0 saturated carbocycles. The lowest BCUT2D eigenvalue weighted by atomic mass is 9.90. The first kappa shape index (κ1) is 7.75. The van der Waals surface area contributed by atoms with Gasteiger partial charge in [0.2, 0.25) is 0 Å². The van der Waals surface area contributed by atoms with Crippen molar-refractivity contribution in [2.24, 2.45) is 0 Å². The van der Waals surface area contributed by atoms with Crippen LogP contribution in [-0.2, 0) is 6.61 Å². The van der Waals surface area contributed by atoms with E-state index in [2.05, 4.69) is 0 Å². The molecule has 0 aliphatic heterocycles. The van der Waals surface area contributed by atoms with Gasteiger partial charge in [0.25, 0.3) is 0 Å².